The summed E-state index contributed by atoms with van der Waals surface area (Å²) in [5.41, 5.74) is 0. The number of carbonyl (C=O) groups is 2. The van der Waals surface area contributed by atoms with Gasteiger partial charge in [0.15, 0.2) is 0 Å². The lowest BCUT2D eigenvalue weighted by Gasteiger charge is -2.32. The lowest BCUT2D eigenvalue weighted by molar-refractivity contribution is -0.141. The highest BCUT2D eigenvalue weighted by atomic mass is 32.1. The van der Waals surface area contributed by atoms with E-state index < -0.39 is 6.04 Å². The zero-order chi connectivity index (χ0) is 20.8. The summed E-state index contributed by atoms with van der Waals surface area (Å²) in [6, 6.07) is 11.5. The van der Waals surface area contributed by atoms with Gasteiger partial charge in [-0.2, -0.15) is 0 Å². The molecule has 30 heavy (non-hydrogen) atoms. The summed E-state index contributed by atoms with van der Waals surface area (Å²) < 4.78 is 0. The van der Waals surface area contributed by atoms with E-state index in [-0.39, 0.29) is 17.9 Å². The minimum atomic E-state index is -0.596. The summed E-state index contributed by atoms with van der Waals surface area (Å²) in [7, 11) is 0. The molecule has 1 N–H and O–H groups in total. The first-order valence-electron chi connectivity index (χ1n) is 10.4. The van der Waals surface area contributed by atoms with Crippen molar-refractivity contribution in [3.05, 3.63) is 67.2 Å². The van der Waals surface area contributed by atoms with Gasteiger partial charge in [-0.05, 0) is 47.2 Å². The van der Waals surface area contributed by atoms with Crippen LogP contribution >= 0.6 is 34.0 Å². The van der Waals surface area contributed by atoms with Crippen molar-refractivity contribution in [3.63, 3.8) is 0 Å². The van der Waals surface area contributed by atoms with Crippen molar-refractivity contribution in [2.45, 2.75) is 57.2 Å². The van der Waals surface area contributed by atoms with Gasteiger partial charge in [-0.15, -0.1) is 34.0 Å². The van der Waals surface area contributed by atoms with Gasteiger partial charge < -0.3 is 10.2 Å². The Morgan fingerprint density at radius 3 is 2.23 bits per heavy atom. The van der Waals surface area contributed by atoms with Gasteiger partial charge in [0.25, 0.3) is 0 Å². The van der Waals surface area contributed by atoms with Gasteiger partial charge in [0.2, 0.25) is 11.8 Å². The maximum Gasteiger partial charge on any atom is 0.248 e. The molecule has 3 aromatic rings. The standard InChI is InChI=1S/C23H26N2O2S3/c26-21(15-18-9-4-12-28-18)25(16-19-10-5-13-29-19)22(20-11-6-14-30-20)23(27)24-17-7-2-1-3-8-17/h4-6,9-14,17,22H,1-3,7-8,15-16H2,(H,24,27). The average Bonchev–Trinajstić information content (AvgIpc) is 3.52. The Bertz CT molecular complexity index is 914. The van der Waals surface area contributed by atoms with Crippen molar-refractivity contribution in [2.75, 3.05) is 0 Å². The summed E-state index contributed by atoms with van der Waals surface area (Å²) in [5.74, 6) is -0.0662. The summed E-state index contributed by atoms with van der Waals surface area (Å²) in [6.45, 7) is 0.447. The van der Waals surface area contributed by atoms with E-state index in [1.807, 2.05) is 52.5 Å². The lowest BCUT2D eigenvalue weighted by atomic mass is 9.95. The molecule has 0 bridgehead atoms. The highest BCUT2D eigenvalue weighted by Gasteiger charge is 2.33. The third-order valence-electron chi connectivity index (χ3n) is 5.46. The largest absolute Gasteiger partial charge is 0.351 e. The van der Waals surface area contributed by atoms with E-state index in [2.05, 4.69) is 5.32 Å². The molecule has 0 aliphatic heterocycles. The van der Waals surface area contributed by atoms with Crippen LogP contribution in [0.5, 0.6) is 0 Å². The van der Waals surface area contributed by atoms with Crippen LogP contribution in [-0.4, -0.2) is 22.8 Å². The van der Waals surface area contributed by atoms with Gasteiger partial charge >= 0.3 is 0 Å². The molecule has 1 aliphatic carbocycles. The Morgan fingerprint density at radius 1 is 0.933 bits per heavy atom. The van der Waals surface area contributed by atoms with Crippen molar-refractivity contribution in [1.29, 1.82) is 0 Å². The second-order valence-corrected chi connectivity index (χ2v) is 10.7. The second-order valence-electron chi connectivity index (χ2n) is 7.62. The summed E-state index contributed by atoms with van der Waals surface area (Å²) >= 11 is 4.74. The number of thiophene rings is 3. The molecule has 2 amide bonds. The molecule has 1 atom stereocenters. The van der Waals surface area contributed by atoms with E-state index >= 15 is 0 Å². The fourth-order valence-corrected chi connectivity index (χ4v) is 6.19. The van der Waals surface area contributed by atoms with Crippen molar-refractivity contribution in [1.82, 2.24) is 10.2 Å². The highest BCUT2D eigenvalue weighted by Crippen LogP contribution is 2.30. The van der Waals surface area contributed by atoms with Crippen LogP contribution in [0.1, 0.15) is 52.8 Å². The Morgan fingerprint density at radius 2 is 1.60 bits per heavy atom. The molecular formula is C23H26N2O2S3. The van der Waals surface area contributed by atoms with Gasteiger partial charge in [0.1, 0.15) is 6.04 Å². The molecule has 1 fully saturated rings. The van der Waals surface area contributed by atoms with Crippen LogP contribution in [0.2, 0.25) is 0 Å². The summed E-state index contributed by atoms with van der Waals surface area (Å²) in [6.07, 6.45) is 5.93. The molecule has 0 radical (unpaired) electrons. The molecule has 3 heterocycles. The molecule has 0 aromatic carbocycles. The first-order valence-corrected chi connectivity index (χ1v) is 13.0. The monoisotopic (exact) mass is 458 g/mol. The van der Waals surface area contributed by atoms with Crippen LogP contribution in [0, 0.1) is 0 Å². The average molecular weight is 459 g/mol. The minimum Gasteiger partial charge on any atom is -0.351 e. The van der Waals surface area contributed by atoms with Crippen LogP contribution in [0.4, 0.5) is 0 Å². The van der Waals surface area contributed by atoms with E-state index in [0.29, 0.717) is 13.0 Å². The molecule has 1 saturated carbocycles. The maximum atomic E-state index is 13.5. The van der Waals surface area contributed by atoms with Gasteiger partial charge in [-0.1, -0.05) is 37.5 Å². The highest BCUT2D eigenvalue weighted by molar-refractivity contribution is 7.10. The third kappa shape index (κ3) is 5.39. The molecule has 7 heteroatoms. The molecule has 1 aliphatic rings. The Balaban J connectivity index is 1.61. The smallest absolute Gasteiger partial charge is 0.248 e. The lowest BCUT2D eigenvalue weighted by Crippen LogP contribution is -2.46. The third-order valence-corrected chi connectivity index (χ3v) is 8.12. The van der Waals surface area contributed by atoms with E-state index in [1.54, 1.807) is 27.6 Å². The first-order chi connectivity index (χ1) is 14.7. The summed E-state index contributed by atoms with van der Waals surface area (Å²) in [4.78, 5) is 31.7. The topological polar surface area (TPSA) is 49.4 Å². The number of rotatable bonds is 8. The van der Waals surface area contributed by atoms with Gasteiger partial charge in [-0.3, -0.25) is 9.59 Å². The maximum absolute atomic E-state index is 13.5. The second kappa shape index (κ2) is 10.4. The van der Waals surface area contributed by atoms with Crippen molar-refractivity contribution < 1.29 is 9.59 Å². The number of carbonyl (C=O) groups excluding carboxylic acids is 2. The Hall–Kier alpha value is -1.96. The van der Waals surface area contributed by atoms with E-state index in [4.69, 9.17) is 0 Å². The number of hydrogen-bond donors (Lipinski definition) is 1. The molecule has 1 unspecified atom stereocenters. The molecular weight excluding hydrogens is 432 g/mol. The van der Waals surface area contributed by atoms with Crippen LogP contribution in [0.3, 0.4) is 0 Å². The Labute approximate surface area is 189 Å². The minimum absolute atomic E-state index is 0.0111. The number of nitrogens with one attached hydrogen (secondary N) is 1. The fourth-order valence-electron chi connectivity index (χ4n) is 3.96. The van der Waals surface area contributed by atoms with Crippen molar-refractivity contribution >= 4 is 45.8 Å². The molecule has 0 spiro atoms. The van der Waals surface area contributed by atoms with Gasteiger partial charge in [-0.25, -0.2) is 0 Å². The Kier molecular flexibility index (Phi) is 7.36. The normalized spacial score (nSPS) is 15.6. The van der Waals surface area contributed by atoms with Crippen molar-refractivity contribution in [3.8, 4) is 0 Å². The van der Waals surface area contributed by atoms with Crippen LogP contribution in [0.25, 0.3) is 0 Å². The molecule has 4 nitrogen and oxygen atoms in total. The van der Waals surface area contributed by atoms with Gasteiger partial charge in [0.05, 0.1) is 13.0 Å². The first kappa shape index (κ1) is 21.3. The number of hydrogen-bond acceptors (Lipinski definition) is 5. The number of amides is 2. The fraction of sp³-hybridized carbons (Fsp3) is 0.391. The van der Waals surface area contributed by atoms with E-state index in [0.717, 1.165) is 40.3 Å². The molecule has 4 rings (SSSR count). The van der Waals surface area contributed by atoms with Crippen LogP contribution in [-0.2, 0) is 22.6 Å². The number of nitrogens with zero attached hydrogens (tertiary/aromatic N) is 1. The predicted molar refractivity (Wildman–Crippen MR) is 125 cm³/mol. The predicted octanol–water partition coefficient (Wildman–Crippen LogP) is 5.63. The zero-order valence-corrected chi connectivity index (χ0v) is 19.2. The van der Waals surface area contributed by atoms with Crippen LogP contribution < -0.4 is 5.32 Å². The van der Waals surface area contributed by atoms with E-state index in [9.17, 15) is 9.59 Å². The zero-order valence-electron chi connectivity index (χ0n) is 16.8. The SMILES string of the molecule is O=C(NC1CCCCC1)C(c1cccs1)N(Cc1cccs1)C(=O)Cc1cccs1. The molecule has 0 saturated heterocycles. The van der Waals surface area contributed by atoms with Gasteiger partial charge in [0, 0.05) is 20.7 Å². The molecule has 3 aromatic heterocycles. The van der Waals surface area contributed by atoms with E-state index in [1.165, 1.54) is 17.8 Å². The van der Waals surface area contributed by atoms with Crippen molar-refractivity contribution in [2.24, 2.45) is 0 Å². The molecule has 158 valence electrons. The summed E-state index contributed by atoms with van der Waals surface area (Å²) in [5, 5.41) is 9.23. The van der Waals surface area contributed by atoms with Crippen LogP contribution in [0.15, 0.2) is 52.5 Å². The quantitative estimate of drug-likeness (QED) is 0.475.